The Bertz CT molecular complexity index is 1910. The molecule has 0 aliphatic heterocycles. The van der Waals surface area contributed by atoms with Crippen LogP contribution in [0, 0.1) is 11.7 Å². The summed E-state index contributed by atoms with van der Waals surface area (Å²) in [5.74, 6) is 0.925. The van der Waals surface area contributed by atoms with Gasteiger partial charge >= 0.3 is 0 Å². The van der Waals surface area contributed by atoms with Crippen LogP contribution in [0.25, 0.3) is 22.2 Å². The minimum Gasteiger partial charge on any atom is -0.488 e. The molecule has 228 valence electrons. The van der Waals surface area contributed by atoms with Crippen molar-refractivity contribution in [1.29, 1.82) is 0 Å². The van der Waals surface area contributed by atoms with Crippen LogP contribution in [0.2, 0.25) is 0 Å². The van der Waals surface area contributed by atoms with Crippen LogP contribution in [0.4, 0.5) is 15.9 Å². The summed E-state index contributed by atoms with van der Waals surface area (Å²) in [5, 5.41) is 7.24. The van der Waals surface area contributed by atoms with Crippen LogP contribution in [0.1, 0.15) is 30.8 Å². The third kappa shape index (κ3) is 8.26. The molecular weight excluding hydrogens is 667 g/mol. The fourth-order valence-corrected chi connectivity index (χ4v) is 6.31. The monoisotopic (exact) mass is 696 g/mol. The van der Waals surface area contributed by atoms with E-state index in [-0.39, 0.29) is 24.9 Å². The van der Waals surface area contributed by atoms with Gasteiger partial charge in [-0.2, -0.15) is 8.42 Å². The molecule has 3 aromatic carbocycles. The van der Waals surface area contributed by atoms with E-state index in [4.69, 9.17) is 14.5 Å². The van der Waals surface area contributed by atoms with Crippen molar-refractivity contribution < 1.29 is 22.3 Å². The summed E-state index contributed by atoms with van der Waals surface area (Å²) in [6, 6.07) is 17.9. The van der Waals surface area contributed by atoms with Crippen molar-refractivity contribution in [3.05, 3.63) is 93.2 Å². The van der Waals surface area contributed by atoms with Gasteiger partial charge in [-0.05, 0) is 76.3 Å². The lowest BCUT2D eigenvalue weighted by Crippen LogP contribution is -2.17. The van der Waals surface area contributed by atoms with Crippen LogP contribution in [0.3, 0.4) is 0 Å². The average Bonchev–Trinajstić information content (AvgIpc) is 3.47. The van der Waals surface area contributed by atoms with Crippen molar-refractivity contribution in [2.24, 2.45) is 5.92 Å². The van der Waals surface area contributed by atoms with Crippen LogP contribution in [0.5, 0.6) is 5.75 Å². The Kier molecular flexibility index (Phi) is 10.7. The molecule has 1 N–H and O–H groups in total. The van der Waals surface area contributed by atoms with E-state index >= 15 is 0 Å². The maximum atomic E-state index is 13.5. The Labute approximate surface area is 269 Å². The van der Waals surface area contributed by atoms with E-state index in [0.717, 1.165) is 55.7 Å². The van der Waals surface area contributed by atoms with Gasteiger partial charge in [0.2, 0.25) is 10.3 Å². The van der Waals surface area contributed by atoms with Crippen molar-refractivity contribution in [2.75, 3.05) is 18.5 Å². The molecule has 0 radical (unpaired) electrons. The van der Waals surface area contributed by atoms with E-state index in [1.165, 1.54) is 18.5 Å². The summed E-state index contributed by atoms with van der Waals surface area (Å²) in [5.41, 5.74) is 4.16. The summed E-state index contributed by atoms with van der Waals surface area (Å²) in [6.45, 7) is 4.51. The molecule has 0 aliphatic carbocycles. The fourth-order valence-electron chi connectivity index (χ4n) is 4.40. The number of rotatable bonds is 13. The quantitative estimate of drug-likeness (QED) is 0.0990. The molecule has 5 rings (SSSR count). The van der Waals surface area contributed by atoms with Crippen molar-refractivity contribution in [1.82, 2.24) is 15.0 Å². The first-order valence-corrected chi connectivity index (χ1v) is 16.7. The van der Waals surface area contributed by atoms with E-state index < -0.39 is 10.3 Å². The number of hydrogen-bond donors (Lipinski definition) is 1. The van der Waals surface area contributed by atoms with Gasteiger partial charge in [0.1, 0.15) is 30.3 Å². The zero-order valence-corrected chi connectivity index (χ0v) is 27.3. The van der Waals surface area contributed by atoms with Crippen LogP contribution in [-0.4, -0.2) is 41.4 Å². The number of aryl methyl sites for hydroxylation is 1. The SMILES string of the molecule is CC(C)C(COCCCc1nc(-c2ccc3ncnc(Nc4ccc(OCc5cccc(F)c5)c(Br)c4)c3c2)cs1)=S(=O)=O. The minimum absolute atomic E-state index is 0.0702. The molecule has 0 saturated heterocycles. The molecule has 0 atom stereocenters. The second-order valence-corrected chi connectivity index (χ2v) is 13.1. The molecule has 12 heteroatoms. The van der Waals surface area contributed by atoms with Crippen LogP contribution in [0.15, 0.2) is 76.8 Å². The van der Waals surface area contributed by atoms with Gasteiger partial charge in [-0.3, -0.25) is 0 Å². The fraction of sp³-hybridized carbons (Fsp3) is 0.250. The Morgan fingerprint density at radius 1 is 1.09 bits per heavy atom. The van der Waals surface area contributed by atoms with Gasteiger partial charge in [0.15, 0.2) is 0 Å². The maximum absolute atomic E-state index is 13.5. The molecular formula is C32H30BrFN4O4S2. The van der Waals surface area contributed by atoms with Crippen molar-refractivity contribution in [3.63, 3.8) is 0 Å². The number of hydrogen-bond acceptors (Lipinski definition) is 9. The topological polar surface area (TPSA) is 103 Å². The lowest BCUT2D eigenvalue weighted by atomic mass is 10.1. The number of halogens is 2. The van der Waals surface area contributed by atoms with E-state index in [1.807, 2.05) is 61.7 Å². The van der Waals surface area contributed by atoms with Gasteiger partial charge in [-0.1, -0.05) is 32.0 Å². The van der Waals surface area contributed by atoms with Gasteiger partial charge in [0, 0.05) is 35.0 Å². The van der Waals surface area contributed by atoms with Crippen molar-refractivity contribution >= 4 is 64.8 Å². The maximum Gasteiger partial charge on any atom is 0.215 e. The Morgan fingerprint density at radius 3 is 2.73 bits per heavy atom. The molecule has 0 saturated carbocycles. The van der Waals surface area contributed by atoms with E-state index in [2.05, 4.69) is 31.2 Å². The zero-order valence-electron chi connectivity index (χ0n) is 24.1. The molecule has 5 aromatic rings. The van der Waals surface area contributed by atoms with Crippen LogP contribution < -0.4 is 10.1 Å². The molecule has 0 aliphatic rings. The lowest BCUT2D eigenvalue weighted by Gasteiger charge is -2.12. The Hall–Kier alpha value is -3.71. The number of nitrogens with one attached hydrogen (secondary N) is 1. The molecule has 0 fully saturated rings. The molecule has 2 heterocycles. The highest BCUT2D eigenvalue weighted by atomic mass is 79.9. The summed E-state index contributed by atoms with van der Waals surface area (Å²) in [6.07, 6.45) is 3.01. The third-order valence-corrected chi connectivity index (χ3v) is 9.29. The summed E-state index contributed by atoms with van der Waals surface area (Å²) in [4.78, 5) is 14.1. The van der Waals surface area contributed by atoms with Gasteiger partial charge in [-0.15, -0.1) is 11.3 Å². The first-order valence-electron chi connectivity index (χ1n) is 13.9. The van der Waals surface area contributed by atoms with Crippen LogP contribution in [-0.2, 0) is 28.1 Å². The van der Waals surface area contributed by atoms with Gasteiger partial charge in [0.05, 0.1) is 32.2 Å². The highest BCUT2D eigenvalue weighted by molar-refractivity contribution is 9.10. The average molecular weight is 698 g/mol. The molecule has 0 unspecified atom stereocenters. The number of fused-ring (bicyclic) bond motifs is 1. The van der Waals surface area contributed by atoms with E-state index in [9.17, 15) is 12.8 Å². The first kappa shape index (κ1) is 31.7. The number of anilines is 2. The number of benzene rings is 3. The molecule has 8 nitrogen and oxygen atoms in total. The zero-order chi connectivity index (χ0) is 31.1. The predicted octanol–water partition coefficient (Wildman–Crippen LogP) is 7.63. The molecule has 44 heavy (non-hydrogen) atoms. The molecule has 0 spiro atoms. The van der Waals surface area contributed by atoms with Gasteiger partial charge < -0.3 is 14.8 Å². The summed E-state index contributed by atoms with van der Waals surface area (Å²) < 4.78 is 48.3. The van der Waals surface area contributed by atoms with Gasteiger partial charge in [-0.25, -0.2) is 19.3 Å². The van der Waals surface area contributed by atoms with Crippen LogP contribution >= 0.6 is 27.3 Å². The highest BCUT2D eigenvalue weighted by Gasteiger charge is 2.12. The van der Waals surface area contributed by atoms with E-state index in [0.29, 0.717) is 23.0 Å². The smallest absolute Gasteiger partial charge is 0.215 e. The normalized spacial score (nSPS) is 11.2. The lowest BCUT2D eigenvalue weighted by molar-refractivity contribution is 0.168. The number of aromatic nitrogens is 3. The number of nitrogens with zero attached hydrogens (tertiary/aromatic N) is 3. The van der Waals surface area contributed by atoms with Crippen molar-refractivity contribution in [2.45, 2.75) is 33.3 Å². The Balaban J connectivity index is 1.23. The Morgan fingerprint density at radius 2 is 1.95 bits per heavy atom. The van der Waals surface area contributed by atoms with E-state index in [1.54, 1.807) is 17.4 Å². The second kappa shape index (κ2) is 14.8. The van der Waals surface area contributed by atoms with Crippen molar-refractivity contribution in [3.8, 4) is 17.0 Å². The summed E-state index contributed by atoms with van der Waals surface area (Å²) in [7, 11) is -2.23. The third-order valence-electron chi connectivity index (χ3n) is 6.74. The first-order chi connectivity index (χ1) is 21.3. The highest BCUT2D eigenvalue weighted by Crippen LogP contribution is 2.33. The molecule has 0 amide bonds. The van der Waals surface area contributed by atoms with Gasteiger partial charge in [0.25, 0.3) is 0 Å². The largest absolute Gasteiger partial charge is 0.488 e. The second-order valence-electron chi connectivity index (χ2n) is 10.3. The molecule has 2 aromatic heterocycles. The predicted molar refractivity (Wildman–Crippen MR) is 177 cm³/mol. The number of thiazole rings is 1. The standard InChI is InChI=1S/C32H30BrFN4O4S2/c1-20(2)30(44(39)40)17-41-12-4-7-31-38-28(18-43-31)22-8-10-27-25(14-22)32(36-19-35-27)37-24-9-11-29(26(33)15-24)42-16-21-5-3-6-23(34)13-21/h3,5-6,8-11,13-15,18-20H,4,7,12,16-17H2,1-2H3,(H,35,36,37). The number of ether oxygens (including phenoxy) is 2. The summed E-state index contributed by atoms with van der Waals surface area (Å²) >= 11 is 5.16. The minimum atomic E-state index is -2.23. The molecule has 0 bridgehead atoms.